The van der Waals surface area contributed by atoms with Gasteiger partial charge in [0, 0.05) is 0 Å². The second-order valence-corrected chi connectivity index (χ2v) is 4.49. The van der Waals surface area contributed by atoms with Gasteiger partial charge in [0.1, 0.15) is 0 Å². The minimum absolute atomic E-state index is 0.0156. The number of carbonyl (C=O) groups excluding carboxylic acids is 1. The molecule has 0 radical (unpaired) electrons. The molecule has 110 valence electrons. The van der Waals surface area contributed by atoms with Crippen molar-refractivity contribution in [1.29, 1.82) is 0 Å². The van der Waals surface area contributed by atoms with Gasteiger partial charge in [0.25, 0.3) is 0 Å². The van der Waals surface area contributed by atoms with Crippen molar-refractivity contribution in [3.05, 3.63) is 40.1 Å². The molecule has 6 nitrogen and oxygen atoms in total. The van der Waals surface area contributed by atoms with Crippen molar-refractivity contribution in [2.75, 3.05) is 6.61 Å². The van der Waals surface area contributed by atoms with Gasteiger partial charge >= 0.3 is 5.97 Å². The first-order valence-electron chi connectivity index (χ1n) is 6.34. The van der Waals surface area contributed by atoms with Crippen LogP contribution in [0.4, 0.5) is 0 Å². The van der Waals surface area contributed by atoms with Crippen LogP contribution in [-0.2, 0) is 4.74 Å². The molecule has 0 spiro atoms. The van der Waals surface area contributed by atoms with Crippen LogP contribution in [0.5, 0.6) is 17.2 Å². The van der Waals surface area contributed by atoms with Gasteiger partial charge < -0.3 is 20.1 Å². The summed E-state index contributed by atoms with van der Waals surface area (Å²) in [5.41, 5.74) is -0.897. The zero-order valence-electron chi connectivity index (χ0n) is 11.3. The third kappa shape index (κ3) is 2.74. The standard InChI is InChI=1S/C15H14O6/c1-2-5-21-15(20)9-6-8-3-4-10(16)13(18)12(8)14(19)11(17)7-9/h3-4,6-7,16,18H,2,5H2,1H3,(H,17,19). The van der Waals surface area contributed by atoms with E-state index in [1.54, 1.807) is 0 Å². The number of ether oxygens (including phenoxy) is 1. The van der Waals surface area contributed by atoms with E-state index in [4.69, 9.17) is 4.74 Å². The van der Waals surface area contributed by atoms with Crippen molar-refractivity contribution < 1.29 is 24.9 Å². The lowest BCUT2D eigenvalue weighted by molar-refractivity contribution is 0.0505. The number of phenolic OH excluding ortho intramolecular Hbond substituents is 2. The SMILES string of the molecule is CCCOC(=O)c1cc(O)c(=O)c2c(O)c(O)ccc2c1. The predicted octanol–water partition coefficient (Wildman–Crippen LogP) is 1.88. The van der Waals surface area contributed by atoms with Crippen molar-refractivity contribution in [1.82, 2.24) is 0 Å². The fourth-order valence-corrected chi connectivity index (χ4v) is 1.90. The molecule has 0 fully saturated rings. The maximum atomic E-state index is 12.0. The van der Waals surface area contributed by atoms with Gasteiger partial charge in [0.15, 0.2) is 17.2 Å². The van der Waals surface area contributed by atoms with E-state index in [-0.39, 0.29) is 22.9 Å². The maximum absolute atomic E-state index is 12.0. The van der Waals surface area contributed by atoms with Crippen LogP contribution in [0.15, 0.2) is 29.1 Å². The third-order valence-corrected chi connectivity index (χ3v) is 2.92. The summed E-state index contributed by atoms with van der Waals surface area (Å²) in [5, 5.41) is 28.9. The van der Waals surface area contributed by atoms with Gasteiger partial charge in [-0.05, 0) is 30.0 Å². The Kier molecular flexibility index (Phi) is 3.98. The lowest BCUT2D eigenvalue weighted by Gasteiger charge is -2.01. The summed E-state index contributed by atoms with van der Waals surface area (Å²) in [5.74, 6) is -2.52. The number of aromatic hydroxyl groups is 3. The molecule has 0 unspecified atom stereocenters. The van der Waals surface area contributed by atoms with Crippen molar-refractivity contribution in [3.8, 4) is 17.2 Å². The number of esters is 1. The van der Waals surface area contributed by atoms with Crippen LogP contribution in [0.25, 0.3) is 10.8 Å². The van der Waals surface area contributed by atoms with Gasteiger partial charge in [-0.3, -0.25) is 4.79 Å². The van der Waals surface area contributed by atoms with E-state index < -0.39 is 28.6 Å². The first kappa shape index (κ1) is 14.6. The minimum atomic E-state index is -0.882. The molecule has 0 amide bonds. The van der Waals surface area contributed by atoms with Crippen LogP contribution in [0.2, 0.25) is 0 Å². The van der Waals surface area contributed by atoms with Gasteiger partial charge in [-0.1, -0.05) is 13.0 Å². The fourth-order valence-electron chi connectivity index (χ4n) is 1.90. The summed E-state index contributed by atoms with van der Waals surface area (Å²) in [4.78, 5) is 23.9. The van der Waals surface area contributed by atoms with E-state index in [2.05, 4.69) is 0 Å². The van der Waals surface area contributed by atoms with Crippen LogP contribution < -0.4 is 5.43 Å². The number of carbonyl (C=O) groups is 1. The molecule has 2 rings (SSSR count). The van der Waals surface area contributed by atoms with Crippen LogP contribution in [0.1, 0.15) is 23.7 Å². The molecule has 21 heavy (non-hydrogen) atoms. The molecule has 0 aromatic heterocycles. The lowest BCUT2D eigenvalue weighted by atomic mass is 10.1. The number of fused-ring (bicyclic) bond motifs is 1. The van der Waals surface area contributed by atoms with Gasteiger partial charge in [0.05, 0.1) is 17.6 Å². The van der Waals surface area contributed by atoms with Crippen molar-refractivity contribution in [3.63, 3.8) is 0 Å². The lowest BCUT2D eigenvalue weighted by Crippen LogP contribution is -2.05. The van der Waals surface area contributed by atoms with E-state index in [0.29, 0.717) is 6.42 Å². The Labute approximate surface area is 119 Å². The Morgan fingerprint density at radius 2 is 1.86 bits per heavy atom. The molecule has 0 aliphatic rings. The van der Waals surface area contributed by atoms with E-state index >= 15 is 0 Å². The van der Waals surface area contributed by atoms with E-state index in [0.717, 1.165) is 6.07 Å². The molecule has 0 aliphatic heterocycles. The highest BCUT2D eigenvalue weighted by atomic mass is 16.5. The Morgan fingerprint density at radius 1 is 1.14 bits per heavy atom. The first-order valence-corrected chi connectivity index (χ1v) is 6.34. The van der Waals surface area contributed by atoms with Crippen LogP contribution >= 0.6 is 0 Å². The van der Waals surface area contributed by atoms with Gasteiger partial charge in [-0.25, -0.2) is 4.79 Å². The monoisotopic (exact) mass is 290 g/mol. The Morgan fingerprint density at radius 3 is 2.52 bits per heavy atom. The first-order chi connectivity index (χ1) is 9.95. The van der Waals surface area contributed by atoms with E-state index in [9.17, 15) is 24.9 Å². The average molecular weight is 290 g/mol. The summed E-state index contributed by atoms with van der Waals surface area (Å²) in [6.07, 6.45) is 0.638. The molecule has 0 aliphatic carbocycles. The summed E-state index contributed by atoms with van der Waals surface area (Å²) >= 11 is 0. The molecular weight excluding hydrogens is 276 g/mol. The summed E-state index contributed by atoms with van der Waals surface area (Å²) in [6.45, 7) is 2.05. The molecular formula is C15H14O6. The number of rotatable bonds is 3. The second kappa shape index (κ2) is 5.70. The number of hydrogen-bond donors (Lipinski definition) is 3. The predicted molar refractivity (Wildman–Crippen MR) is 75.8 cm³/mol. The van der Waals surface area contributed by atoms with E-state index in [1.807, 2.05) is 6.92 Å². The zero-order valence-corrected chi connectivity index (χ0v) is 11.3. The molecule has 0 saturated carbocycles. The summed E-state index contributed by atoms with van der Waals surface area (Å²) < 4.78 is 4.95. The number of hydrogen-bond acceptors (Lipinski definition) is 6. The maximum Gasteiger partial charge on any atom is 0.338 e. The van der Waals surface area contributed by atoms with Crippen LogP contribution in [0, 0.1) is 0 Å². The third-order valence-electron chi connectivity index (χ3n) is 2.92. The second-order valence-electron chi connectivity index (χ2n) is 4.49. The highest BCUT2D eigenvalue weighted by Gasteiger charge is 2.15. The summed E-state index contributed by atoms with van der Waals surface area (Å²) in [6, 6.07) is 4.85. The topological polar surface area (TPSA) is 104 Å². The minimum Gasteiger partial charge on any atom is -0.504 e. The van der Waals surface area contributed by atoms with Crippen LogP contribution in [-0.4, -0.2) is 27.9 Å². The van der Waals surface area contributed by atoms with Gasteiger partial charge in [0.2, 0.25) is 5.43 Å². The van der Waals surface area contributed by atoms with E-state index in [1.165, 1.54) is 18.2 Å². The van der Waals surface area contributed by atoms with Crippen molar-refractivity contribution in [2.45, 2.75) is 13.3 Å². The Hall–Kier alpha value is -2.76. The highest BCUT2D eigenvalue weighted by Crippen LogP contribution is 2.32. The van der Waals surface area contributed by atoms with Crippen molar-refractivity contribution in [2.24, 2.45) is 0 Å². The molecule has 0 bridgehead atoms. The molecule has 6 heteroatoms. The molecule has 2 aromatic rings. The molecule has 0 saturated heterocycles. The summed E-state index contributed by atoms with van der Waals surface area (Å²) in [7, 11) is 0. The molecule has 2 aromatic carbocycles. The van der Waals surface area contributed by atoms with Crippen molar-refractivity contribution >= 4 is 16.7 Å². The molecule has 3 N–H and O–H groups in total. The fraction of sp³-hybridized carbons (Fsp3) is 0.200. The average Bonchev–Trinajstić information content (AvgIpc) is 2.59. The number of benzene rings is 1. The Balaban J connectivity index is 2.74. The molecule has 0 heterocycles. The quantitative estimate of drug-likeness (QED) is 0.589. The Bertz CT molecular complexity index is 766. The van der Waals surface area contributed by atoms with Crippen LogP contribution in [0.3, 0.4) is 0 Å². The zero-order chi connectivity index (χ0) is 15.6. The smallest absolute Gasteiger partial charge is 0.338 e. The van der Waals surface area contributed by atoms with Gasteiger partial charge in [-0.15, -0.1) is 0 Å². The van der Waals surface area contributed by atoms with Gasteiger partial charge in [-0.2, -0.15) is 0 Å². The molecule has 0 atom stereocenters. The normalized spacial score (nSPS) is 10.5. The largest absolute Gasteiger partial charge is 0.504 e. The highest BCUT2D eigenvalue weighted by molar-refractivity contribution is 5.97. The number of phenols is 2.